The maximum Gasteiger partial charge on any atom is 0.103 e. The van der Waals surface area contributed by atoms with Crippen LogP contribution in [-0.4, -0.2) is 58.6 Å². The zero-order valence-electron chi connectivity index (χ0n) is 18.8. The average molecular weight is 417 g/mol. The van der Waals surface area contributed by atoms with Crippen LogP contribution in [0.1, 0.15) is 103 Å². The molecule has 5 heteroatoms. The Morgan fingerprint density at radius 3 is 1.76 bits per heavy atom. The van der Waals surface area contributed by atoms with Gasteiger partial charge in [0, 0.05) is 13.0 Å². The number of rotatable bonds is 22. The first-order valence-corrected chi connectivity index (χ1v) is 12.0. The first-order chi connectivity index (χ1) is 14.1. The molecular formula is C24H48O5. The van der Waals surface area contributed by atoms with Gasteiger partial charge in [-0.2, -0.15) is 0 Å². The summed E-state index contributed by atoms with van der Waals surface area (Å²) < 4.78 is 5.39. The summed E-state index contributed by atoms with van der Waals surface area (Å²) in [6, 6.07) is 0. The Morgan fingerprint density at radius 1 is 0.690 bits per heavy atom. The zero-order chi connectivity index (χ0) is 21.6. The fourth-order valence-corrected chi connectivity index (χ4v) is 3.28. The van der Waals surface area contributed by atoms with Gasteiger partial charge in [0.25, 0.3) is 0 Å². The Hall–Kier alpha value is -0.460. The van der Waals surface area contributed by atoms with Gasteiger partial charge in [0.2, 0.25) is 0 Å². The molecule has 0 aliphatic heterocycles. The molecule has 0 fully saturated rings. The molecule has 0 aromatic carbocycles. The quantitative estimate of drug-likeness (QED) is 0.154. The van der Waals surface area contributed by atoms with E-state index in [2.05, 4.69) is 19.1 Å². The van der Waals surface area contributed by atoms with Crippen molar-refractivity contribution in [3.8, 4) is 0 Å². The van der Waals surface area contributed by atoms with Gasteiger partial charge in [0.05, 0.1) is 25.4 Å². The van der Waals surface area contributed by atoms with Gasteiger partial charge in [0.1, 0.15) is 6.10 Å². The molecule has 174 valence electrons. The van der Waals surface area contributed by atoms with E-state index in [0.29, 0.717) is 6.61 Å². The van der Waals surface area contributed by atoms with Crippen molar-refractivity contribution in [2.24, 2.45) is 0 Å². The van der Waals surface area contributed by atoms with Crippen molar-refractivity contribution in [2.75, 3.05) is 19.8 Å². The summed E-state index contributed by atoms with van der Waals surface area (Å²) in [5.74, 6) is 0. The lowest BCUT2D eigenvalue weighted by Crippen LogP contribution is -2.34. The molecule has 4 N–H and O–H groups in total. The molecule has 0 amide bonds. The Balaban J connectivity index is 3.28. The molecule has 0 aliphatic rings. The lowest BCUT2D eigenvalue weighted by atomic mass is 10.1. The Kier molecular flexibility index (Phi) is 21.9. The first kappa shape index (κ1) is 28.5. The van der Waals surface area contributed by atoms with Crippen LogP contribution < -0.4 is 0 Å². The first-order valence-electron chi connectivity index (χ1n) is 12.0. The second kappa shape index (κ2) is 22.2. The van der Waals surface area contributed by atoms with Gasteiger partial charge < -0.3 is 25.2 Å². The van der Waals surface area contributed by atoms with Crippen molar-refractivity contribution in [3.05, 3.63) is 12.2 Å². The van der Waals surface area contributed by atoms with Crippen LogP contribution in [0.5, 0.6) is 0 Å². The smallest absolute Gasteiger partial charge is 0.103 e. The molecule has 0 saturated carbocycles. The van der Waals surface area contributed by atoms with Crippen LogP contribution in [0.4, 0.5) is 0 Å². The number of hydrogen-bond acceptors (Lipinski definition) is 5. The molecule has 0 aromatic heterocycles. The maximum absolute atomic E-state index is 9.72. The highest BCUT2D eigenvalue weighted by molar-refractivity contribution is 4.81. The van der Waals surface area contributed by atoms with Gasteiger partial charge in [-0.05, 0) is 32.1 Å². The summed E-state index contributed by atoms with van der Waals surface area (Å²) in [6.07, 6.45) is 19.3. The van der Waals surface area contributed by atoms with Gasteiger partial charge in [0.15, 0.2) is 0 Å². The standard InChI is InChI=1S/C24H48O5/c1-2-3-4-5-6-7-8-9-10-11-12-13-14-15-16-17-18-29-21-24(28)23(27)19-22(26)20-25/h9-10,22-28H,2-8,11-21H2,1H3. The maximum atomic E-state index is 9.72. The minimum absolute atomic E-state index is 0.0464. The molecule has 0 heterocycles. The van der Waals surface area contributed by atoms with Gasteiger partial charge in [-0.3, -0.25) is 0 Å². The van der Waals surface area contributed by atoms with Gasteiger partial charge in [-0.15, -0.1) is 0 Å². The Labute approximate surface area is 179 Å². The molecule has 0 bridgehead atoms. The van der Waals surface area contributed by atoms with E-state index in [9.17, 15) is 15.3 Å². The molecule has 5 nitrogen and oxygen atoms in total. The van der Waals surface area contributed by atoms with E-state index in [0.717, 1.165) is 12.8 Å². The van der Waals surface area contributed by atoms with Crippen LogP contribution in [0, 0.1) is 0 Å². The largest absolute Gasteiger partial charge is 0.394 e. The van der Waals surface area contributed by atoms with Gasteiger partial charge >= 0.3 is 0 Å². The van der Waals surface area contributed by atoms with E-state index < -0.39 is 24.9 Å². The molecule has 0 aromatic rings. The normalized spacial score (nSPS) is 15.1. The summed E-state index contributed by atoms with van der Waals surface area (Å²) in [5.41, 5.74) is 0. The van der Waals surface area contributed by atoms with Gasteiger partial charge in [-0.25, -0.2) is 0 Å². The molecule has 3 unspecified atom stereocenters. The van der Waals surface area contributed by atoms with Crippen LogP contribution in [0.25, 0.3) is 0 Å². The fraction of sp³-hybridized carbons (Fsp3) is 0.917. The van der Waals surface area contributed by atoms with E-state index in [-0.39, 0.29) is 13.0 Å². The molecule has 0 radical (unpaired) electrons. The molecule has 3 atom stereocenters. The van der Waals surface area contributed by atoms with Crippen molar-refractivity contribution in [2.45, 2.75) is 122 Å². The third-order valence-corrected chi connectivity index (χ3v) is 5.26. The van der Waals surface area contributed by atoms with E-state index >= 15 is 0 Å². The lowest BCUT2D eigenvalue weighted by molar-refractivity contribution is -0.0597. The molecule has 29 heavy (non-hydrogen) atoms. The summed E-state index contributed by atoms with van der Waals surface area (Å²) in [4.78, 5) is 0. The Morgan fingerprint density at radius 2 is 1.21 bits per heavy atom. The summed E-state index contributed by atoms with van der Waals surface area (Å²) in [6.45, 7) is 2.48. The summed E-state index contributed by atoms with van der Waals surface area (Å²) >= 11 is 0. The van der Waals surface area contributed by atoms with Crippen molar-refractivity contribution >= 4 is 0 Å². The second-order valence-electron chi connectivity index (χ2n) is 8.22. The van der Waals surface area contributed by atoms with Crippen LogP contribution in [0.2, 0.25) is 0 Å². The number of ether oxygens (including phenoxy) is 1. The summed E-state index contributed by atoms with van der Waals surface area (Å²) in [5, 5.41) is 37.3. The topological polar surface area (TPSA) is 90.2 Å². The number of unbranched alkanes of at least 4 members (excludes halogenated alkanes) is 12. The van der Waals surface area contributed by atoms with Crippen LogP contribution in [-0.2, 0) is 4.74 Å². The zero-order valence-corrected chi connectivity index (χ0v) is 18.8. The number of hydrogen-bond donors (Lipinski definition) is 4. The highest BCUT2D eigenvalue weighted by Gasteiger charge is 2.19. The van der Waals surface area contributed by atoms with Crippen molar-refractivity contribution in [3.63, 3.8) is 0 Å². The number of aliphatic hydroxyl groups is 4. The third kappa shape index (κ3) is 20.6. The van der Waals surface area contributed by atoms with E-state index in [1.165, 1.54) is 77.0 Å². The predicted octanol–water partition coefficient (Wildman–Crippen LogP) is 4.51. The van der Waals surface area contributed by atoms with E-state index in [1.54, 1.807) is 0 Å². The van der Waals surface area contributed by atoms with Crippen molar-refractivity contribution in [1.29, 1.82) is 0 Å². The highest BCUT2D eigenvalue weighted by atomic mass is 16.5. The highest BCUT2D eigenvalue weighted by Crippen LogP contribution is 2.10. The minimum atomic E-state index is -1.07. The summed E-state index contributed by atoms with van der Waals surface area (Å²) in [7, 11) is 0. The predicted molar refractivity (Wildman–Crippen MR) is 120 cm³/mol. The Bertz CT molecular complexity index is 348. The second-order valence-corrected chi connectivity index (χ2v) is 8.22. The number of allylic oxidation sites excluding steroid dienone is 2. The van der Waals surface area contributed by atoms with Crippen molar-refractivity contribution < 1.29 is 25.2 Å². The van der Waals surface area contributed by atoms with Crippen LogP contribution in [0.15, 0.2) is 12.2 Å². The van der Waals surface area contributed by atoms with E-state index in [1.807, 2.05) is 0 Å². The fourth-order valence-electron chi connectivity index (χ4n) is 3.28. The molecule has 0 rings (SSSR count). The molecule has 0 aliphatic carbocycles. The number of aliphatic hydroxyl groups excluding tert-OH is 4. The van der Waals surface area contributed by atoms with E-state index in [4.69, 9.17) is 9.84 Å². The lowest BCUT2D eigenvalue weighted by Gasteiger charge is -2.19. The molecule has 0 spiro atoms. The SMILES string of the molecule is CCCCCCCCC=CCCCCCCCCOCC(O)C(O)CC(O)CO. The third-order valence-electron chi connectivity index (χ3n) is 5.26. The molecular weight excluding hydrogens is 368 g/mol. The monoisotopic (exact) mass is 416 g/mol. The van der Waals surface area contributed by atoms with Gasteiger partial charge in [-0.1, -0.05) is 76.9 Å². The van der Waals surface area contributed by atoms with Crippen LogP contribution >= 0.6 is 0 Å². The van der Waals surface area contributed by atoms with Crippen molar-refractivity contribution in [1.82, 2.24) is 0 Å². The van der Waals surface area contributed by atoms with Crippen LogP contribution in [0.3, 0.4) is 0 Å². The average Bonchev–Trinajstić information content (AvgIpc) is 2.72. The minimum Gasteiger partial charge on any atom is -0.394 e. The molecule has 0 saturated heterocycles.